The predicted octanol–water partition coefficient (Wildman–Crippen LogP) is 3.38. The van der Waals surface area contributed by atoms with Crippen molar-refractivity contribution in [3.63, 3.8) is 0 Å². The van der Waals surface area contributed by atoms with Crippen LogP contribution in [0.2, 0.25) is 0 Å². The summed E-state index contributed by atoms with van der Waals surface area (Å²) in [4.78, 5) is 32.5. The van der Waals surface area contributed by atoms with Gasteiger partial charge in [0.2, 0.25) is 17.6 Å². The maximum Gasteiger partial charge on any atom is 0.449 e. The smallest absolute Gasteiger partial charge is 0.378 e. The maximum atomic E-state index is 13.5. The van der Waals surface area contributed by atoms with Crippen LogP contribution in [0.5, 0.6) is 0 Å². The molecule has 1 N–H and O–H groups in total. The zero-order chi connectivity index (χ0) is 25.0. The lowest BCUT2D eigenvalue weighted by atomic mass is 10.2. The number of hydrogen-bond acceptors (Lipinski definition) is 5. The normalized spacial score (nSPS) is 14.2. The number of fused-ring (bicyclic) bond motifs is 1. The number of para-hydroxylation sites is 2. The van der Waals surface area contributed by atoms with Crippen molar-refractivity contribution >= 4 is 34.2 Å². The van der Waals surface area contributed by atoms with Crippen molar-refractivity contribution in [3.8, 4) is 0 Å². The number of hydrogen-bond donors (Lipinski definition) is 1. The second-order valence-electron chi connectivity index (χ2n) is 8.11. The average Bonchev–Trinajstić information content (AvgIpc) is 3.22. The lowest BCUT2D eigenvalue weighted by Crippen LogP contribution is -2.40. The van der Waals surface area contributed by atoms with Crippen LogP contribution in [-0.2, 0) is 27.0 Å². The Bertz CT molecular complexity index is 1190. The van der Waals surface area contributed by atoms with E-state index in [2.05, 4.69) is 15.2 Å². The molecular weight excluding hydrogens is 463 g/mol. The van der Waals surface area contributed by atoms with Gasteiger partial charge < -0.3 is 24.4 Å². The highest BCUT2D eigenvalue weighted by molar-refractivity contribution is 5.94. The van der Waals surface area contributed by atoms with Gasteiger partial charge in [0.25, 0.3) is 0 Å². The minimum Gasteiger partial charge on any atom is -0.378 e. The monoisotopic (exact) mass is 489 g/mol. The summed E-state index contributed by atoms with van der Waals surface area (Å²) < 4.78 is 46.8. The summed E-state index contributed by atoms with van der Waals surface area (Å²) in [5.41, 5.74) is 1.93. The number of carbonyl (C=O) groups excluding carboxylic acids is 2. The third kappa shape index (κ3) is 5.73. The van der Waals surface area contributed by atoms with Crippen molar-refractivity contribution in [2.75, 3.05) is 49.6 Å². The van der Waals surface area contributed by atoms with E-state index >= 15 is 0 Å². The standard InChI is InChI=1S/C24H26F3N5O3/c1-2-30(15-21(33)28-17-7-9-18(10-8-17)31-11-13-35-14-12-31)22(34)16-32-20-6-4-3-5-19(20)29-23(32)24(25,26)27/h3-10H,2,11-16H2,1H3,(H,28,33). The number of halogens is 3. The van der Waals surface area contributed by atoms with Gasteiger partial charge in [0.1, 0.15) is 6.54 Å². The minimum absolute atomic E-state index is 0.147. The fourth-order valence-electron chi connectivity index (χ4n) is 4.01. The van der Waals surface area contributed by atoms with Crippen LogP contribution in [0.15, 0.2) is 48.5 Å². The van der Waals surface area contributed by atoms with E-state index in [9.17, 15) is 22.8 Å². The Labute approximate surface area is 200 Å². The molecular formula is C24H26F3N5O3. The number of alkyl halides is 3. The van der Waals surface area contributed by atoms with Crippen molar-refractivity contribution < 1.29 is 27.5 Å². The van der Waals surface area contributed by atoms with Crippen LogP contribution in [0.1, 0.15) is 12.7 Å². The number of rotatable bonds is 7. The fourth-order valence-corrected chi connectivity index (χ4v) is 4.01. The van der Waals surface area contributed by atoms with E-state index in [-0.39, 0.29) is 24.1 Å². The van der Waals surface area contributed by atoms with E-state index in [0.29, 0.717) is 18.9 Å². The summed E-state index contributed by atoms with van der Waals surface area (Å²) in [6.45, 7) is 3.88. The number of carbonyl (C=O) groups is 2. The summed E-state index contributed by atoms with van der Waals surface area (Å²) in [6, 6.07) is 13.4. The van der Waals surface area contributed by atoms with Crippen molar-refractivity contribution in [2.24, 2.45) is 0 Å². The van der Waals surface area contributed by atoms with Crippen LogP contribution in [0.25, 0.3) is 11.0 Å². The van der Waals surface area contributed by atoms with Crippen LogP contribution in [0.4, 0.5) is 24.5 Å². The number of aromatic nitrogens is 2. The Hall–Kier alpha value is -3.60. The van der Waals surface area contributed by atoms with Gasteiger partial charge in [-0.3, -0.25) is 9.59 Å². The topological polar surface area (TPSA) is 79.7 Å². The molecule has 1 saturated heterocycles. The number of morpholine rings is 1. The number of ether oxygens (including phenoxy) is 1. The fraction of sp³-hybridized carbons (Fsp3) is 0.375. The first-order valence-corrected chi connectivity index (χ1v) is 11.3. The second kappa shape index (κ2) is 10.3. The molecule has 2 amide bonds. The molecule has 8 nitrogen and oxygen atoms in total. The molecule has 0 bridgehead atoms. The Balaban J connectivity index is 1.41. The molecule has 35 heavy (non-hydrogen) atoms. The van der Waals surface area contributed by atoms with Crippen LogP contribution < -0.4 is 10.2 Å². The second-order valence-corrected chi connectivity index (χ2v) is 8.11. The highest BCUT2D eigenvalue weighted by atomic mass is 19.4. The summed E-state index contributed by atoms with van der Waals surface area (Å²) in [6.07, 6.45) is -4.72. The molecule has 3 aromatic rings. The molecule has 2 aromatic carbocycles. The van der Waals surface area contributed by atoms with Gasteiger partial charge in [-0.1, -0.05) is 12.1 Å². The minimum atomic E-state index is -4.72. The third-order valence-electron chi connectivity index (χ3n) is 5.80. The summed E-state index contributed by atoms with van der Waals surface area (Å²) >= 11 is 0. The quantitative estimate of drug-likeness (QED) is 0.551. The van der Waals surface area contributed by atoms with E-state index in [1.165, 1.54) is 17.0 Å². The van der Waals surface area contributed by atoms with Gasteiger partial charge >= 0.3 is 6.18 Å². The highest BCUT2D eigenvalue weighted by Gasteiger charge is 2.38. The molecule has 0 aliphatic carbocycles. The van der Waals surface area contributed by atoms with E-state index in [1.807, 2.05) is 12.1 Å². The summed E-state index contributed by atoms with van der Waals surface area (Å²) in [5, 5.41) is 2.74. The van der Waals surface area contributed by atoms with Gasteiger partial charge in [0.15, 0.2) is 0 Å². The molecule has 1 fully saturated rings. The van der Waals surface area contributed by atoms with Gasteiger partial charge in [-0.05, 0) is 43.3 Å². The first-order chi connectivity index (χ1) is 16.8. The Kier molecular flexibility index (Phi) is 7.25. The van der Waals surface area contributed by atoms with Gasteiger partial charge in [-0.15, -0.1) is 0 Å². The number of imidazole rings is 1. The van der Waals surface area contributed by atoms with Crippen molar-refractivity contribution in [3.05, 3.63) is 54.4 Å². The number of nitrogens with zero attached hydrogens (tertiary/aromatic N) is 4. The van der Waals surface area contributed by atoms with E-state index in [1.54, 1.807) is 31.2 Å². The lowest BCUT2D eigenvalue weighted by molar-refractivity contribution is -0.148. The number of nitrogens with one attached hydrogen (secondary N) is 1. The first kappa shape index (κ1) is 24.5. The van der Waals surface area contributed by atoms with Crippen LogP contribution in [0.3, 0.4) is 0 Å². The molecule has 4 rings (SSSR count). The van der Waals surface area contributed by atoms with Gasteiger partial charge in [0, 0.05) is 31.0 Å². The third-order valence-corrected chi connectivity index (χ3v) is 5.80. The van der Waals surface area contributed by atoms with Crippen LogP contribution in [0, 0.1) is 0 Å². The Morgan fingerprint density at radius 2 is 1.77 bits per heavy atom. The lowest BCUT2D eigenvalue weighted by Gasteiger charge is -2.29. The average molecular weight is 489 g/mol. The largest absolute Gasteiger partial charge is 0.449 e. The predicted molar refractivity (Wildman–Crippen MR) is 125 cm³/mol. The van der Waals surface area contributed by atoms with E-state index in [4.69, 9.17) is 4.74 Å². The number of anilines is 2. The summed E-state index contributed by atoms with van der Waals surface area (Å²) in [7, 11) is 0. The number of benzene rings is 2. The van der Waals surface area contributed by atoms with Gasteiger partial charge in [0.05, 0.1) is 30.8 Å². The van der Waals surface area contributed by atoms with Crippen LogP contribution in [-0.4, -0.2) is 65.7 Å². The maximum absolute atomic E-state index is 13.5. The van der Waals surface area contributed by atoms with Gasteiger partial charge in [-0.25, -0.2) is 4.98 Å². The molecule has 11 heteroatoms. The molecule has 186 valence electrons. The molecule has 0 spiro atoms. The SMILES string of the molecule is CCN(CC(=O)Nc1ccc(N2CCOCC2)cc1)C(=O)Cn1c(C(F)(F)F)nc2ccccc21. The molecule has 2 heterocycles. The van der Waals surface area contributed by atoms with E-state index in [0.717, 1.165) is 23.3 Å². The molecule has 0 saturated carbocycles. The number of amides is 2. The zero-order valence-electron chi connectivity index (χ0n) is 19.2. The molecule has 1 aliphatic rings. The van der Waals surface area contributed by atoms with Crippen molar-refractivity contribution in [1.29, 1.82) is 0 Å². The van der Waals surface area contributed by atoms with Crippen molar-refractivity contribution in [1.82, 2.24) is 14.5 Å². The molecule has 1 aliphatic heterocycles. The zero-order valence-corrected chi connectivity index (χ0v) is 19.2. The molecule has 0 radical (unpaired) electrons. The molecule has 0 atom stereocenters. The number of likely N-dealkylation sites (N-methyl/N-ethyl adjacent to an activating group) is 1. The van der Waals surface area contributed by atoms with Crippen LogP contribution >= 0.6 is 0 Å². The summed E-state index contributed by atoms with van der Waals surface area (Å²) in [5.74, 6) is -2.20. The molecule has 0 unspecified atom stereocenters. The Morgan fingerprint density at radius 3 is 2.43 bits per heavy atom. The molecule has 1 aromatic heterocycles. The first-order valence-electron chi connectivity index (χ1n) is 11.3. The van der Waals surface area contributed by atoms with Gasteiger partial charge in [-0.2, -0.15) is 13.2 Å². The van der Waals surface area contributed by atoms with Crippen molar-refractivity contribution in [2.45, 2.75) is 19.6 Å². The van der Waals surface area contributed by atoms with E-state index < -0.39 is 30.4 Å². The Morgan fingerprint density at radius 1 is 1.09 bits per heavy atom. The highest BCUT2D eigenvalue weighted by Crippen LogP contribution is 2.31.